The van der Waals surface area contributed by atoms with E-state index in [0.29, 0.717) is 5.39 Å². The van der Waals surface area contributed by atoms with Crippen molar-refractivity contribution in [3.05, 3.63) is 42.5 Å². The summed E-state index contributed by atoms with van der Waals surface area (Å²) in [6.45, 7) is 0. The van der Waals surface area contributed by atoms with E-state index in [1.165, 1.54) is 6.07 Å². The first-order valence-electron chi connectivity index (χ1n) is 4.04. The van der Waals surface area contributed by atoms with Crippen LogP contribution in [0.5, 0.6) is 0 Å². The molecule has 0 aromatic heterocycles. The van der Waals surface area contributed by atoms with E-state index >= 15 is 0 Å². The minimum atomic E-state index is -4.13. The second-order valence-corrected chi connectivity index (χ2v) is 4.34. The van der Waals surface area contributed by atoms with Gasteiger partial charge in [-0.1, -0.05) is 36.4 Å². The van der Waals surface area contributed by atoms with Gasteiger partial charge in [0.15, 0.2) is 0 Å². The van der Waals surface area contributed by atoms with Crippen molar-refractivity contribution in [1.82, 2.24) is 0 Å². The standard InChI is InChI=1S/C10H8O3S.ClH.Na/c11-14(12,13)10-7-3-5-8-4-1-2-6-9(8)10;;/h1-7H,(H,11,12,13);1H;/q;;+1/p-1. The predicted molar refractivity (Wildman–Crippen MR) is 53.8 cm³/mol. The molecule has 0 saturated carbocycles. The molecular weight excluding hydrogens is 259 g/mol. The Labute approximate surface area is 122 Å². The molecule has 0 amide bonds. The van der Waals surface area contributed by atoms with E-state index < -0.39 is 10.1 Å². The van der Waals surface area contributed by atoms with Gasteiger partial charge in [-0.2, -0.15) is 8.42 Å². The fraction of sp³-hybridized carbons (Fsp3) is 0. The summed E-state index contributed by atoms with van der Waals surface area (Å²) in [5.41, 5.74) is 0. The van der Waals surface area contributed by atoms with Gasteiger partial charge in [0.25, 0.3) is 10.1 Å². The third-order valence-corrected chi connectivity index (χ3v) is 2.94. The molecule has 0 fully saturated rings. The number of fused-ring (bicyclic) bond motifs is 1. The molecule has 0 spiro atoms. The van der Waals surface area contributed by atoms with Crippen LogP contribution in [-0.2, 0) is 10.1 Å². The van der Waals surface area contributed by atoms with Crippen LogP contribution in [0.1, 0.15) is 0 Å². The summed E-state index contributed by atoms with van der Waals surface area (Å²) in [6, 6.07) is 11.8. The summed E-state index contributed by atoms with van der Waals surface area (Å²) in [5, 5.41) is 1.33. The van der Waals surface area contributed by atoms with Gasteiger partial charge in [0, 0.05) is 5.39 Å². The Morgan fingerprint density at radius 1 is 0.938 bits per heavy atom. The molecule has 2 aromatic rings. The average molecular weight is 267 g/mol. The summed E-state index contributed by atoms with van der Waals surface area (Å²) in [5.74, 6) is 0. The molecule has 2 rings (SSSR count). The van der Waals surface area contributed by atoms with E-state index in [1.807, 2.05) is 6.07 Å². The number of benzene rings is 2. The molecule has 0 heterocycles. The van der Waals surface area contributed by atoms with Gasteiger partial charge < -0.3 is 12.4 Å². The van der Waals surface area contributed by atoms with E-state index in [1.54, 1.807) is 30.3 Å². The third kappa shape index (κ3) is 3.20. The fourth-order valence-corrected chi connectivity index (χ4v) is 2.13. The third-order valence-electron chi connectivity index (χ3n) is 2.03. The van der Waals surface area contributed by atoms with E-state index in [0.717, 1.165) is 5.39 Å². The molecule has 0 aliphatic heterocycles. The van der Waals surface area contributed by atoms with Crippen molar-refractivity contribution in [2.24, 2.45) is 0 Å². The largest absolute Gasteiger partial charge is 1.00 e. The van der Waals surface area contributed by atoms with Gasteiger partial charge in [-0.3, -0.25) is 4.55 Å². The van der Waals surface area contributed by atoms with Crippen molar-refractivity contribution in [3.8, 4) is 0 Å². The Morgan fingerprint density at radius 2 is 1.50 bits per heavy atom. The number of hydrogen-bond acceptors (Lipinski definition) is 2. The Balaban J connectivity index is 0.00000112. The summed E-state index contributed by atoms with van der Waals surface area (Å²) >= 11 is 0. The summed E-state index contributed by atoms with van der Waals surface area (Å²) in [4.78, 5) is -0.0457. The van der Waals surface area contributed by atoms with Gasteiger partial charge in [0.1, 0.15) is 4.90 Å². The molecule has 2 aromatic carbocycles. The smallest absolute Gasteiger partial charge is 1.00 e. The monoisotopic (exact) mass is 266 g/mol. The van der Waals surface area contributed by atoms with Gasteiger partial charge in [0.2, 0.25) is 0 Å². The Hall–Kier alpha value is -0.1000. The van der Waals surface area contributed by atoms with Gasteiger partial charge in [-0.25, -0.2) is 0 Å². The maximum absolute atomic E-state index is 11.0. The molecule has 80 valence electrons. The fourth-order valence-electron chi connectivity index (χ4n) is 1.42. The molecule has 0 bridgehead atoms. The SMILES string of the molecule is O=S(=O)(O)c1cccc2ccccc12.[Cl-].[Na+]. The minimum Gasteiger partial charge on any atom is -1.00 e. The van der Waals surface area contributed by atoms with Crippen LogP contribution in [0, 0.1) is 0 Å². The molecule has 0 atom stereocenters. The zero-order valence-electron chi connectivity index (χ0n) is 8.59. The topological polar surface area (TPSA) is 54.4 Å². The number of halogens is 1. The number of rotatable bonds is 1. The zero-order valence-corrected chi connectivity index (χ0v) is 12.2. The molecule has 1 N–H and O–H groups in total. The summed E-state index contributed by atoms with van der Waals surface area (Å²) in [6.07, 6.45) is 0. The minimum absolute atomic E-state index is 0. The first kappa shape index (κ1) is 15.9. The quantitative estimate of drug-likeness (QED) is 0.424. The van der Waals surface area contributed by atoms with Crippen LogP contribution in [-0.4, -0.2) is 13.0 Å². The second kappa shape index (κ2) is 6.00. The van der Waals surface area contributed by atoms with Crippen LogP contribution in [0.2, 0.25) is 0 Å². The summed E-state index contributed by atoms with van der Waals surface area (Å²) in [7, 11) is -4.13. The molecule has 0 unspecified atom stereocenters. The van der Waals surface area contributed by atoms with Crippen molar-refractivity contribution in [2.45, 2.75) is 4.90 Å². The molecule has 16 heavy (non-hydrogen) atoms. The van der Waals surface area contributed by atoms with E-state index in [2.05, 4.69) is 0 Å². The maximum atomic E-state index is 11.0. The number of hydrogen-bond donors (Lipinski definition) is 1. The first-order valence-corrected chi connectivity index (χ1v) is 5.48. The van der Waals surface area contributed by atoms with Gasteiger partial charge in [-0.15, -0.1) is 0 Å². The zero-order chi connectivity index (χ0) is 10.2. The van der Waals surface area contributed by atoms with Gasteiger partial charge >= 0.3 is 29.6 Å². The van der Waals surface area contributed by atoms with E-state index in [9.17, 15) is 8.42 Å². The Morgan fingerprint density at radius 3 is 2.12 bits per heavy atom. The van der Waals surface area contributed by atoms with Crippen LogP contribution < -0.4 is 42.0 Å². The van der Waals surface area contributed by atoms with Crippen LogP contribution in [0.3, 0.4) is 0 Å². The van der Waals surface area contributed by atoms with Crippen LogP contribution >= 0.6 is 0 Å². The van der Waals surface area contributed by atoms with E-state index in [4.69, 9.17) is 4.55 Å². The van der Waals surface area contributed by atoms with Crippen molar-refractivity contribution < 1.29 is 54.9 Å². The Kier molecular flexibility index (Phi) is 5.96. The maximum Gasteiger partial charge on any atom is 1.00 e. The molecule has 3 nitrogen and oxygen atoms in total. The molecule has 0 radical (unpaired) electrons. The van der Waals surface area contributed by atoms with Crippen molar-refractivity contribution in [2.75, 3.05) is 0 Å². The van der Waals surface area contributed by atoms with Crippen molar-refractivity contribution in [1.29, 1.82) is 0 Å². The first-order chi connectivity index (χ1) is 6.59. The van der Waals surface area contributed by atoms with Gasteiger partial charge in [0.05, 0.1) is 0 Å². The molecule has 0 aliphatic carbocycles. The average Bonchev–Trinajstić information content (AvgIpc) is 2.15. The predicted octanol–water partition coefficient (Wildman–Crippen LogP) is -3.91. The van der Waals surface area contributed by atoms with Crippen LogP contribution in [0.15, 0.2) is 47.4 Å². The molecule has 0 aliphatic rings. The van der Waals surface area contributed by atoms with E-state index in [-0.39, 0.29) is 46.9 Å². The second-order valence-electron chi connectivity index (χ2n) is 2.95. The molecule has 0 saturated heterocycles. The van der Waals surface area contributed by atoms with Crippen LogP contribution in [0.25, 0.3) is 10.8 Å². The van der Waals surface area contributed by atoms with Crippen molar-refractivity contribution >= 4 is 20.9 Å². The summed E-state index contributed by atoms with van der Waals surface area (Å²) < 4.78 is 31.0. The van der Waals surface area contributed by atoms with Crippen LogP contribution in [0.4, 0.5) is 0 Å². The molecule has 6 heteroatoms. The van der Waals surface area contributed by atoms with Crippen molar-refractivity contribution in [3.63, 3.8) is 0 Å². The molecular formula is C10H8ClNaO3S. The normalized spacial score (nSPS) is 10.3. The van der Waals surface area contributed by atoms with Gasteiger partial charge in [-0.05, 0) is 11.5 Å². The Bertz CT molecular complexity index is 578.